The molecule has 2 heterocycles. The topological polar surface area (TPSA) is 32.3 Å². The van der Waals surface area contributed by atoms with Crippen molar-refractivity contribution in [3.05, 3.63) is 12.7 Å². The van der Waals surface area contributed by atoms with E-state index in [2.05, 4.69) is 16.8 Å². The van der Waals surface area contributed by atoms with Gasteiger partial charge in [0.2, 0.25) is 5.91 Å². The van der Waals surface area contributed by atoms with Crippen LogP contribution in [0.1, 0.15) is 32.1 Å². The molecule has 3 rings (SSSR count). The Balaban J connectivity index is 1.55. The van der Waals surface area contributed by atoms with Gasteiger partial charge < -0.3 is 10.2 Å². The molecule has 18 heavy (non-hydrogen) atoms. The Bertz CT molecular complexity index is 338. The molecule has 2 saturated heterocycles. The molecule has 3 fully saturated rings. The fourth-order valence-corrected chi connectivity index (χ4v) is 3.75. The summed E-state index contributed by atoms with van der Waals surface area (Å²) < 4.78 is 0. The number of allylic oxidation sites excluding steroid dienone is 1. The number of nitrogens with zero attached hydrogens (tertiary/aromatic N) is 1. The second-order valence-electron chi connectivity index (χ2n) is 6.27. The molecular formula is C15H24N2O. The SMILES string of the molecule is C=CC1CCN(C(=O)C2CC23CCNCC3)CC1. The van der Waals surface area contributed by atoms with Gasteiger partial charge in [0, 0.05) is 19.0 Å². The highest BCUT2D eigenvalue weighted by Gasteiger charge is 2.58. The molecule has 0 aromatic heterocycles. The van der Waals surface area contributed by atoms with Gasteiger partial charge in [0.1, 0.15) is 0 Å². The van der Waals surface area contributed by atoms with E-state index in [1.807, 2.05) is 6.08 Å². The second kappa shape index (κ2) is 4.69. The summed E-state index contributed by atoms with van der Waals surface area (Å²) >= 11 is 0. The summed E-state index contributed by atoms with van der Waals surface area (Å²) in [6.07, 6.45) is 7.81. The molecule has 1 spiro atoms. The van der Waals surface area contributed by atoms with E-state index >= 15 is 0 Å². The molecule has 0 bridgehead atoms. The van der Waals surface area contributed by atoms with Crippen molar-refractivity contribution in [2.75, 3.05) is 26.2 Å². The van der Waals surface area contributed by atoms with Gasteiger partial charge in [-0.1, -0.05) is 6.08 Å². The van der Waals surface area contributed by atoms with Crippen molar-refractivity contribution in [1.82, 2.24) is 10.2 Å². The summed E-state index contributed by atoms with van der Waals surface area (Å²) in [5.74, 6) is 1.42. The van der Waals surface area contributed by atoms with Crippen LogP contribution < -0.4 is 5.32 Å². The molecule has 100 valence electrons. The lowest BCUT2D eigenvalue weighted by Gasteiger charge is -2.32. The molecular weight excluding hydrogens is 224 g/mol. The molecule has 3 aliphatic rings. The molecule has 1 N–H and O–H groups in total. The third-order valence-electron chi connectivity index (χ3n) is 5.27. The molecule has 1 atom stereocenters. The molecule has 0 aromatic carbocycles. The lowest BCUT2D eigenvalue weighted by atomic mass is 9.91. The smallest absolute Gasteiger partial charge is 0.226 e. The fourth-order valence-electron chi connectivity index (χ4n) is 3.75. The van der Waals surface area contributed by atoms with E-state index in [-0.39, 0.29) is 0 Å². The van der Waals surface area contributed by atoms with Crippen molar-refractivity contribution in [2.45, 2.75) is 32.1 Å². The largest absolute Gasteiger partial charge is 0.342 e. The van der Waals surface area contributed by atoms with Gasteiger partial charge in [0.05, 0.1) is 0 Å². The number of hydrogen-bond donors (Lipinski definition) is 1. The Morgan fingerprint density at radius 1 is 1.28 bits per heavy atom. The zero-order valence-electron chi connectivity index (χ0n) is 11.2. The normalized spacial score (nSPS) is 31.3. The molecule has 3 nitrogen and oxygen atoms in total. The van der Waals surface area contributed by atoms with Crippen LogP contribution in [0.3, 0.4) is 0 Å². The number of carbonyl (C=O) groups is 1. The highest BCUT2D eigenvalue weighted by atomic mass is 16.2. The van der Waals surface area contributed by atoms with E-state index in [9.17, 15) is 4.79 Å². The maximum atomic E-state index is 12.5. The number of hydrogen-bond acceptors (Lipinski definition) is 2. The Kier molecular flexibility index (Phi) is 3.18. The van der Waals surface area contributed by atoms with E-state index in [4.69, 9.17) is 0 Å². The van der Waals surface area contributed by atoms with E-state index < -0.39 is 0 Å². The lowest BCUT2D eigenvalue weighted by molar-refractivity contribution is -0.134. The predicted molar refractivity (Wildman–Crippen MR) is 72.1 cm³/mol. The zero-order chi connectivity index (χ0) is 12.6. The van der Waals surface area contributed by atoms with Crippen LogP contribution in [-0.2, 0) is 4.79 Å². The third kappa shape index (κ3) is 2.09. The first-order valence-electron chi connectivity index (χ1n) is 7.37. The quantitative estimate of drug-likeness (QED) is 0.756. The number of rotatable bonds is 2. The molecule has 0 radical (unpaired) electrons. The Hall–Kier alpha value is -0.830. The number of carbonyl (C=O) groups excluding carboxylic acids is 1. The van der Waals surface area contributed by atoms with Crippen molar-refractivity contribution in [3.8, 4) is 0 Å². The first kappa shape index (κ1) is 12.2. The minimum atomic E-state index is 0.347. The van der Waals surface area contributed by atoms with Crippen LogP contribution in [0.4, 0.5) is 0 Å². The number of amides is 1. The van der Waals surface area contributed by atoms with Gasteiger partial charge in [-0.05, 0) is 56.5 Å². The average Bonchev–Trinajstić information content (AvgIpc) is 3.12. The van der Waals surface area contributed by atoms with Crippen LogP contribution >= 0.6 is 0 Å². The number of piperidine rings is 2. The van der Waals surface area contributed by atoms with Crippen molar-refractivity contribution < 1.29 is 4.79 Å². The Morgan fingerprint density at radius 2 is 1.94 bits per heavy atom. The van der Waals surface area contributed by atoms with E-state index in [1.165, 1.54) is 12.8 Å². The lowest BCUT2D eigenvalue weighted by Crippen LogP contribution is -2.41. The Morgan fingerprint density at radius 3 is 2.56 bits per heavy atom. The van der Waals surface area contributed by atoms with Crippen molar-refractivity contribution >= 4 is 5.91 Å². The Labute approximate surface area is 110 Å². The summed E-state index contributed by atoms with van der Waals surface area (Å²) in [6, 6.07) is 0. The minimum absolute atomic E-state index is 0.347. The van der Waals surface area contributed by atoms with E-state index in [0.29, 0.717) is 23.2 Å². The fraction of sp³-hybridized carbons (Fsp3) is 0.800. The van der Waals surface area contributed by atoms with Crippen LogP contribution in [0.25, 0.3) is 0 Å². The van der Waals surface area contributed by atoms with Gasteiger partial charge in [0.15, 0.2) is 0 Å². The van der Waals surface area contributed by atoms with Crippen LogP contribution in [0.15, 0.2) is 12.7 Å². The molecule has 1 aliphatic carbocycles. The zero-order valence-corrected chi connectivity index (χ0v) is 11.2. The van der Waals surface area contributed by atoms with Gasteiger partial charge in [-0.3, -0.25) is 4.79 Å². The maximum Gasteiger partial charge on any atom is 0.226 e. The van der Waals surface area contributed by atoms with Gasteiger partial charge in [-0.25, -0.2) is 0 Å². The van der Waals surface area contributed by atoms with Gasteiger partial charge >= 0.3 is 0 Å². The molecule has 2 aliphatic heterocycles. The van der Waals surface area contributed by atoms with Gasteiger partial charge in [-0.2, -0.15) is 0 Å². The highest BCUT2D eigenvalue weighted by molar-refractivity contribution is 5.82. The van der Waals surface area contributed by atoms with Gasteiger partial charge in [0.25, 0.3) is 0 Å². The van der Waals surface area contributed by atoms with Crippen LogP contribution in [0.5, 0.6) is 0 Å². The highest BCUT2D eigenvalue weighted by Crippen LogP contribution is 2.59. The molecule has 1 saturated carbocycles. The molecule has 1 unspecified atom stereocenters. The molecule has 3 heteroatoms. The van der Waals surface area contributed by atoms with Crippen molar-refractivity contribution in [3.63, 3.8) is 0 Å². The van der Waals surface area contributed by atoms with Crippen molar-refractivity contribution in [2.24, 2.45) is 17.3 Å². The summed E-state index contributed by atoms with van der Waals surface area (Å²) in [7, 11) is 0. The number of likely N-dealkylation sites (tertiary alicyclic amines) is 1. The standard InChI is InChI=1S/C15H24N2O/c1-2-12-3-9-17(10-4-12)14(18)13-11-15(13)5-7-16-8-6-15/h2,12-13,16H,1,3-11H2. The molecule has 0 aromatic rings. The minimum Gasteiger partial charge on any atom is -0.342 e. The maximum absolute atomic E-state index is 12.5. The third-order valence-corrected chi connectivity index (χ3v) is 5.27. The monoisotopic (exact) mass is 248 g/mol. The summed E-state index contributed by atoms with van der Waals surface area (Å²) in [4.78, 5) is 14.6. The second-order valence-corrected chi connectivity index (χ2v) is 6.27. The van der Waals surface area contributed by atoms with Gasteiger partial charge in [-0.15, -0.1) is 6.58 Å². The summed E-state index contributed by atoms with van der Waals surface area (Å²) in [5, 5.41) is 3.40. The first-order chi connectivity index (χ1) is 8.75. The summed E-state index contributed by atoms with van der Waals surface area (Å²) in [6.45, 7) is 7.95. The van der Waals surface area contributed by atoms with Crippen molar-refractivity contribution in [1.29, 1.82) is 0 Å². The van der Waals surface area contributed by atoms with Crippen LogP contribution in [0.2, 0.25) is 0 Å². The van der Waals surface area contributed by atoms with Crippen LogP contribution in [-0.4, -0.2) is 37.0 Å². The summed E-state index contributed by atoms with van der Waals surface area (Å²) in [5.41, 5.74) is 0.387. The van der Waals surface area contributed by atoms with E-state index in [1.54, 1.807) is 0 Å². The average molecular weight is 248 g/mol. The van der Waals surface area contributed by atoms with Crippen LogP contribution in [0, 0.1) is 17.3 Å². The predicted octanol–water partition coefficient (Wildman–Crippen LogP) is 1.80. The first-order valence-corrected chi connectivity index (χ1v) is 7.37. The number of nitrogens with one attached hydrogen (secondary N) is 1. The van der Waals surface area contributed by atoms with E-state index in [0.717, 1.165) is 45.4 Å². The molecule has 1 amide bonds.